The molecule has 9 heavy (non-hydrogen) atoms. The molecule has 0 atom stereocenters. The van der Waals surface area contributed by atoms with Gasteiger partial charge < -0.3 is 0 Å². The summed E-state index contributed by atoms with van der Waals surface area (Å²) in [5.41, 5.74) is 0. The molecule has 0 aliphatic carbocycles. The Morgan fingerprint density at radius 2 is 1.11 bits per heavy atom. The Morgan fingerprint density at radius 3 is 1.11 bits per heavy atom. The summed E-state index contributed by atoms with van der Waals surface area (Å²) >= 11 is -6.35. The second kappa shape index (κ2) is 22.5. The summed E-state index contributed by atoms with van der Waals surface area (Å²) in [6.07, 6.45) is 0. The molecule has 0 unspecified atom stereocenters. The minimum atomic E-state index is -4.08. The van der Waals surface area contributed by atoms with Crippen LogP contribution in [0.2, 0.25) is 0 Å². The van der Waals surface area contributed by atoms with Gasteiger partial charge in [-0.15, -0.1) is 0 Å². The normalized spacial score (nSPS) is 4.44. The molecule has 5 nitrogen and oxygen atoms in total. The van der Waals surface area contributed by atoms with Crippen molar-refractivity contribution in [3.05, 3.63) is 0 Å². The first-order valence-electron chi connectivity index (χ1n) is 1.02. The monoisotopic (exact) mass is 634 g/mol. The van der Waals surface area contributed by atoms with Crippen LogP contribution in [0.3, 0.4) is 0 Å². The molecular weight excluding hydrogens is 633 g/mol. The van der Waals surface area contributed by atoms with E-state index >= 15 is 0 Å². The van der Waals surface area contributed by atoms with Crippen molar-refractivity contribution in [1.29, 1.82) is 0 Å². The summed E-state index contributed by atoms with van der Waals surface area (Å²) in [6.45, 7) is 0. The van der Waals surface area contributed by atoms with Crippen LogP contribution in [0.4, 0.5) is 0 Å². The molecule has 9 heteroatoms. The number of hydrogen-bond acceptors (Lipinski definition) is 5. The maximum absolute atomic E-state index is 8.58. The van der Waals surface area contributed by atoms with E-state index in [4.69, 9.17) is 17.1 Å². The molecule has 46 valence electrons. The Morgan fingerprint density at radius 1 is 1.11 bits per heavy atom. The Labute approximate surface area is 112 Å². The summed E-state index contributed by atoms with van der Waals surface area (Å²) in [4.78, 5) is 0. The topological polar surface area (TPSA) is 109 Å². The third-order valence-electron chi connectivity index (χ3n) is 0. The minimum absolute atomic E-state index is 0. The SMILES string of the molecule is [O-][Zr][O-].[O]=[Ti]([O-])[O-].[Pb+2].[Pb+2]. The Hall–Kier alpha value is 3.08. The molecule has 4 radical (unpaired) electrons. The van der Waals surface area contributed by atoms with E-state index in [-0.39, 0.29) is 54.6 Å². The molecule has 0 rings (SSSR count). The molecule has 0 saturated heterocycles. The molecule has 0 aromatic carbocycles. The van der Waals surface area contributed by atoms with Crippen LogP contribution in [-0.4, -0.2) is 54.6 Å². The smallest absolute Gasteiger partial charge is 2.00 e. The number of hydrogen-bond donors (Lipinski definition) is 0. The van der Waals surface area contributed by atoms with Crippen molar-refractivity contribution in [2.24, 2.45) is 0 Å². The molecule has 0 fully saturated rings. The molecule has 0 heterocycles. The van der Waals surface area contributed by atoms with Gasteiger partial charge in [-0.25, -0.2) is 0 Å². The van der Waals surface area contributed by atoms with E-state index in [1.807, 2.05) is 0 Å². The molecule has 0 N–H and O–H groups in total. The largest absolute Gasteiger partial charge is 2.00 e. The van der Waals surface area contributed by atoms with Gasteiger partial charge in [0.2, 0.25) is 0 Å². The van der Waals surface area contributed by atoms with Gasteiger partial charge in [-0.1, -0.05) is 0 Å². The van der Waals surface area contributed by atoms with Gasteiger partial charge in [0.25, 0.3) is 0 Å². The summed E-state index contributed by atoms with van der Waals surface area (Å²) in [5.74, 6) is 0. The second-order valence-electron chi connectivity index (χ2n) is 0.333. The fourth-order valence-electron chi connectivity index (χ4n) is 0. The third-order valence-corrected chi connectivity index (χ3v) is 0. The van der Waals surface area contributed by atoms with Crippen molar-refractivity contribution in [3.8, 4) is 0 Å². The fourth-order valence-corrected chi connectivity index (χ4v) is 0. The van der Waals surface area contributed by atoms with E-state index in [0.717, 1.165) is 0 Å². The maximum Gasteiger partial charge on any atom is 2.00 e. The van der Waals surface area contributed by atoms with Gasteiger partial charge in [0.1, 0.15) is 0 Å². The van der Waals surface area contributed by atoms with E-state index < -0.39 is 42.7 Å². The molecule has 0 aromatic rings. The zero-order valence-corrected chi connectivity index (χ0v) is 15.8. The molecule has 0 aromatic heterocycles. The quantitative estimate of drug-likeness (QED) is 0.248. The molecule has 0 aliphatic heterocycles. The Bertz CT molecular complexity index is 46.2. The van der Waals surface area contributed by atoms with Gasteiger partial charge in [0.15, 0.2) is 0 Å². The predicted octanol–water partition coefficient (Wildman–Crippen LogP) is -5.64. The van der Waals surface area contributed by atoms with Crippen molar-refractivity contribution in [2.45, 2.75) is 0 Å². The van der Waals surface area contributed by atoms with Gasteiger partial charge in [0, 0.05) is 0 Å². The van der Waals surface area contributed by atoms with E-state index in [1.165, 1.54) is 0 Å². The first-order chi connectivity index (χ1) is 3.15. The predicted molar refractivity (Wildman–Crippen MR) is 12.2 cm³/mol. The van der Waals surface area contributed by atoms with E-state index in [9.17, 15) is 0 Å². The summed E-state index contributed by atoms with van der Waals surface area (Å²) in [7, 11) is 0. The summed E-state index contributed by atoms with van der Waals surface area (Å²) < 4.78 is 42.8. The van der Waals surface area contributed by atoms with E-state index in [2.05, 4.69) is 0 Å². The average Bonchev–Trinajstić information content (AvgIpc) is 1.33. The van der Waals surface area contributed by atoms with Crippen molar-refractivity contribution in [2.75, 3.05) is 0 Å². The van der Waals surface area contributed by atoms with E-state index in [1.54, 1.807) is 0 Å². The minimum Gasteiger partial charge on any atom is 2.00 e. The standard InChI is InChI=1S/5O.2Pb.Ti.Zr/q;4*-1;2*+2;;. The maximum atomic E-state index is 8.58. The molecule has 0 aliphatic rings. The molecule has 0 amide bonds. The Kier molecular flexibility index (Phi) is 56.7. The fraction of sp³-hybridized carbons (Fsp3) is 0. The number of rotatable bonds is 0. The van der Waals surface area contributed by atoms with Crippen molar-refractivity contribution in [1.82, 2.24) is 0 Å². The van der Waals surface area contributed by atoms with Crippen LogP contribution in [0, 0.1) is 0 Å². The van der Waals surface area contributed by atoms with Gasteiger partial charge in [0.05, 0.1) is 0 Å². The van der Waals surface area contributed by atoms with Crippen LogP contribution >= 0.6 is 0 Å². The summed E-state index contributed by atoms with van der Waals surface area (Å²) in [6, 6.07) is 0. The first-order valence-corrected chi connectivity index (χ1v) is 4.94. The van der Waals surface area contributed by atoms with Crippen LogP contribution in [0.15, 0.2) is 0 Å². The van der Waals surface area contributed by atoms with Crippen LogP contribution in [0.1, 0.15) is 0 Å². The van der Waals surface area contributed by atoms with Gasteiger partial charge in [-0.2, -0.15) is 0 Å². The van der Waals surface area contributed by atoms with Crippen LogP contribution in [-0.2, 0) is 46.1 Å². The van der Waals surface area contributed by atoms with Gasteiger partial charge in [-0.3, -0.25) is 0 Å². The van der Waals surface area contributed by atoms with Crippen molar-refractivity contribution >= 4 is 54.6 Å². The van der Waals surface area contributed by atoms with Crippen molar-refractivity contribution in [3.63, 3.8) is 0 Å². The van der Waals surface area contributed by atoms with Gasteiger partial charge in [-0.05, 0) is 0 Å². The molecule has 0 spiro atoms. The Balaban J connectivity index is -0.0000000233. The molecule has 0 saturated carbocycles. The first kappa shape index (κ1) is 22.7. The second-order valence-corrected chi connectivity index (χ2v) is 1.52. The van der Waals surface area contributed by atoms with Crippen LogP contribution in [0.5, 0.6) is 0 Å². The zero-order valence-electron chi connectivity index (χ0n) is 4.04. The third kappa shape index (κ3) is 96.2. The van der Waals surface area contributed by atoms with Crippen molar-refractivity contribution < 1.29 is 59.8 Å². The average molecular weight is 633 g/mol. The molecular formula is O5Pb2TiZr. The summed E-state index contributed by atoms with van der Waals surface area (Å²) in [5, 5.41) is 0. The molecule has 0 bridgehead atoms. The van der Waals surface area contributed by atoms with E-state index in [0.29, 0.717) is 0 Å². The van der Waals surface area contributed by atoms with Crippen LogP contribution < -0.4 is 13.7 Å². The van der Waals surface area contributed by atoms with Crippen LogP contribution in [0.25, 0.3) is 0 Å². The van der Waals surface area contributed by atoms with Gasteiger partial charge >= 0.3 is 114 Å². The zero-order chi connectivity index (χ0) is 6.28.